The van der Waals surface area contributed by atoms with Gasteiger partial charge < -0.3 is 9.52 Å². The van der Waals surface area contributed by atoms with Crippen molar-refractivity contribution in [2.45, 2.75) is 6.54 Å². The van der Waals surface area contributed by atoms with Crippen LogP contribution in [0, 0.1) is 0 Å². The quantitative estimate of drug-likeness (QED) is 0.744. The first-order chi connectivity index (χ1) is 9.56. The van der Waals surface area contributed by atoms with Gasteiger partial charge in [-0.2, -0.15) is 5.10 Å². The van der Waals surface area contributed by atoms with Gasteiger partial charge in [0.25, 0.3) is 5.56 Å². The van der Waals surface area contributed by atoms with Crippen molar-refractivity contribution in [3.05, 3.63) is 46.5 Å². The summed E-state index contributed by atoms with van der Waals surface area (Å²) in [7, 11) is 1.70. The fraction of sp³-hybridized carbons (Fsp3) is 0.167. The van der Waals surface area contributed by atoms with Crippen LogP contribution in [0.15, 0.2) is 33.9 Å². The number of aryl methyl sites for hydroxylation is 1. The van der Waals surface area contributed by atoms with E-state index >= 15 is 0 Å². The Labute approximate surface area is 111 Å². The summed E-state index contributed by atoms with van der Waals surface area (Å²) in [6.07, 6.45) is 2.83. The third kappa shape index (κ3) is 1.87. The molecule has 0 saturated carbocycles. The maximum atomic E-state index is 12.2. The molecule has 8 heteroatoms. The van der Waals surface area contributed by atoms with Gasteiger partial charge in [-0.05, 0) is 12.1 Å². The van der Waals surface area contributed by atoms with Gasteiger partial charge in [0.2, 0.25) is 5.76 Å². The SMILES string of the molecule is Cn1ncc2c(=O)n(Cc3ccc(C(=O)O)o3)cnc21. The van der Waals surface area contributed by atoms with Gasteiger partial charge in [0, 0.05) is 7.05 Å². The normalized spacial score (nSPS) is 11.1. The molecule has 0 fully saturated rings. The Morgan fingerprint density at radius 2 is 2.25 bits per heavy atom. The van der Waals surface area contributed by atoms with Crippen LogP contribution in [-0.4, -0.2) is 30.4 Å². The van der Waals surface area contributed by atoms with Crippen molar-refractivity contribution in [1.82, 2.24) is 19.3 Å². The fourth-order valence-electron chi connectivity index (χ4n) is 1.92. The van der Waals surface area contributed by atoms with Gasteiger partial charge in [-0.15, -0.1) is 0 Å². The average molecular weight is 274 g/mol. The van der Waals surface area contributed by atoms with E-state index < -0.39 is 5.97 Å². The van der Waals surface area contributed by atoms with Crippen molar-refractivity contribution >= 4 is 17.0 Å². The maximum absolute atomic E-state index is 12.2. The third-order valence-corrected chi connectivity index (χ3v) is 2.92. The highest BCUT2D eigenvalue weighted by molar-refractivity contribution is 5.84. The van der Waals surface area contributed by atoms with Crippen molar-refractivity contribution in [2.75, 3.05) is 0 Å². The zero-order valence-electron chi connectivity index (χ0n) is 10.5. The van der Waals surface area contributed by atoms with Crippen LogP contribution in [0.25, 0.3) is 11.0 Å². The molecule has 0 aliphatic rings. The number of hydrogen-bond acceptors (Lipinski definition) is 5. The Morgan fingerprint density at radius 3 is 2.95 bits per heavy atom. The average Bonchev–Trinajstić information content (AvgIpc) is 3.01. The molecule has 0 aliphatic carbocycles. The zero-order chi connectivity index (χ0) is 14.3. The molecule has 3 aromatic rings. The van der Waals surface area contributed by atoms with Crippen molar-refractivity contribution in [2.24, 2.45) is 7.05 Å². The van der Waals surface area contributed by atoms with Crippen molar-refractivity contribution in [3.63, 3.8) is 0 Å². The number of fused-ring (bicyclic) bond motifs is 1. The number of furan rings is 1. The lowest BCUT2D eigenvalue weighted by molar-refractivity contribution is 0.0660. The summed E-state index contributed by atoms with van der Waals surface area (Å²) >= 11 is 0. The van der Waals surface area contributed by atoms with Gasteiger partial charge in [0.05, 0.1) is 12.7 Å². The first kappa shape index (κ1) is 12.2. The van der Waals surface area contributed by atoms with E-state index in [4.69, 9.17) is 9.52 Å². The topological polar surface area (TPSA) is 103 Å². The smallest absolute Gasteiger partial charge is 0.371 e. The molecule has 0 saturated heterocycles. The minimum Gasteiger partial charge on any atom is -0.475 e. The Kier molecular flexibility index (Phi) is 2.63. The molecule has 102 valence electrons. The number of rotatable bonds is 3. The molecule has 0 unspecified atom stereocenters. The Morgan fingerprint density at radius 1 is 1.45 bits per heavy atom. The van der Waals surface area contributed by atoms with E-state index in [0.29, 0.717) is 16.8 Å². The van der Waals surface area contributed by atoms with Gasteiger partial charge in [0.1, 0.15) is 17.5 Å². The number of aromatic nitrogens is 4. The highest BCUT2D eigenvalue weighted by Crippen LogP contribution is 2.10. The number of hydrogen-bond donors (Lipinski definition) is 1. The van der Waals surface area contributed by atoms with Crippen LogP contribution in [0.2, 0.25) is 0 Å². The summed E-state index contributed by atoms with van der Waals surface area (Å²) in [6, 6.07) is 2.86. The molecule has 3 rings (SSSR count). The molecular weight excluding hydrogens is 264 g/mol. The Balaban J connectivity index is 2.00. The zero-order valence-corrected chi connectivity index (χ0v) is 10.5. The van der Waals surface area contributed by atoms with Crippen LogP contribution >= 0.6 is 0 Å². The van der Waals surface area contributed by atoms with E-state index in [1.807, 2.05) is 0 Å². The molecular formula is C12H10N4O4. The number of nitrogens with zero attached hydrogens (tertiary/aromatic N) is 4. The molecule has 20 heavy (non-hydrogen) atoms. The first-order valence-electron chi connectivity index (χ1n) is 5.75. The summed E-state index contributed by atoms with van der Waals surface area (Å²) < 4.78 is 7.97. The second kappa shape index (κ2) is 4.34. The van der Waals surface area contributed by atoms with Crippen LogP contribution in [0.4, 0.5) is 0 Å². The molecule has 0 atom stereocenters. The molecule has 8 nitrogen and oxygen atoms in total. The molecule has 0 amide bonds. The van der Waals surface area contributed by atoms with Crippen LogP contribution in [-0.2, 0) is 13.6 Å². The van der Waals surface area contributed by atoms with Gasteiger partial charge in [0.15, 0.2) is 5.65 Å². The largest absolute Gasteiger partial charge is 0.475 e. The standard InChI is InChI=1S/C12H10N4O4/c1-15-10-8(4-14-15)11(17)16(6-13-10)5-7-2-3-9(20-7)12(18)19/h2-4,6H,5H2,1H3,(H,18,19). The van der Waals surface area contributed by atoms with E-state index in [2.05, 4.69) is 10.1 Å². The summed E-state index contributed by atoms with van der Waals surface area (Å²) in [5, 5.41) is 13.2. The number of carboxylic acids is 1. The monoisotopic (exact) mass is 274 g/mol. The summed E-state index contributed by atoms with van der Waals surface area (Å²) in [4.78, 5) is 27.1. The second-order valence-electron chi connectivity index (χ2n) is 4.25. The van der Waals surface area contributed by atoms with Gasteiger partial charge in [-0.25, -0.2) is 9.78 Å². The molecule has 0 aliphatic heterocycles. The molecule has 0 aromatic carbocycles. The van der Waals surface area contributed by atoms with E-state index in [1.165, 1.54) is 33.9 Å². The third-order valence-electron chi connectivity index (χ3n) is 2.92. The van der Waals surface area contributed by atoms with Crippen LogP contribution < -0.4 is 5.56 Å². The van der Waals surface area contributed by atoms with Gasteiger partial charge in [-0.3, -0.25) is 14.0 Å². The molecule has 0 bridgehead atoms. The fourth-order valence-corrected chi connectivity index (χ4v) is 1.92. The lowest BCUT2D eigenvalue weighted by Gasteiger charge is -2.02. The van der Waals surface area contributed by atoms with Crippen LogP contribution in [0.3, 0.4) is 0 Å². The van der Waals surface area contributed by atoms with E-state index in [0.717, 1.165) is 0 Å². The summed E-state index contributed by atoms with van der Waals surface area (Å²) in [5.41, 5.74) is 0.244. The Hall–Kier alpha value is -2.90. The minimum absolute atomic E-state index is 0.115. The van der Waals surface area contributed by atoms with Crippen LogP contribution in [0.5, 0.6) is 0 Å². The number of carbonyl (C=O) groups is 1. The predicted octanol–water partition coefficient (Wildman–Crippen LogP) is 0.469. The van der Waals surface area contributed by atoms with E-state index in [-0.39, 0.29) is 17.9 Å². The molecule has 3 aromatic heterocycles. The first-order valence-corrected chi connectivity index (χ1v) is 5.75. The van der Waals surface area contributed by atoms with E-state index in [1.54, 1.807) is 7.05 Å². The lowest BCUT2D eigenvalue weighted by atomic mass is 10.4. The predicted molar refractivity (Wildman–Crippen MR) is 67.5 cm³/mol. The molecule has 3 heterocycles. The summed E-state index contributed by atoms with van der Waals surface area (Å²) in [5.74, 6) is -0.942. The lowest BCUT2D eigenvalue weighted by Crippen LogP contribution is -2.20. The van der Waals surface area contributed by atoms with Gasteiger partial charge in [-0.1, -0.05) is 0 Å². The van der Waals surface area contributed by atoms with Crippen molar-refractivity contribution in [3.8, 4) is 0 Å². The van der Waals surface area contributed by atoms with Crippen LogP contribution in [0.1, 0.15) is 16.3 Å². The van der Waals surface area contributed by atoms with Crippen molar-refractivity contribution in [1.29, 1.82) is 0 Å². The van der Waals surface area contributed by atoms with Gasteiger partial charge >= 0.3 is 5.97 Å². The summed E-state index contributed by atoms with van der Waals surface area (Å²) in [6.45, 7) is 0.115. The Bertz CT molecular complexity index is 858. The maximum Gasteiger partial charge on any atom is 0.371 e. The molecule has 1 N–H and O–H groups in total. The van der Waals surface area contributed by atoms with Crippen molar-refractivity contribution < 1.29 is 14.3 Å². The minimum atomic E-state index is -1.15. The second-order valence-corrected chi connectivity index (χ2v) is 4.25. The highest BCUT2D eigenvalue weighted by Gasteiger charge is 2.12. The molecule has 0 spiro atoms. The highest BCUT2D eigenvalue weighted by atomic mass is 16.4. The number of aromatic carboxylic acids is 1. The molecule has 0 radical (unpaired) electrons. The van der Waals surface area contributed by atoms with E-state index in [9.17, 15) is 9.59 Å². The number of carboxylic acid groups (broad SMARTS) is 1.